The molecule has 1 aliphatic heterocycles. The lowest BCUT2D eigenvalue weighted by Crippen LogP contribution is -2.43. The number of allylic oxidation sites excluding steroid dienone is 1. The largest absolute Gasteiger partial charge is 0.314 e. The molecular formula is C18H28N2. The topological polar surface area (TPSA) is 15.3 Å². The second-order valence-electron chi connectivity index (χ2n) is 5.66. The van der Waals surface area contributed by atoms with E-state index in [9.17, 15) is 0 Å². The molecule has 0 bridgehead atoms. The van der Waals surface area contributed by atoms with Gasteiger partial charge in [0.1, 0.15) is 0 Å². The van der Waals surface area contributed by atoms with Gasteiger partial charge in [0.2, 0.25) is 0 Å². The summed E-state index contributed by atoms with van der Waals surface area (Å²) in [7, 11) is 0. The molecule has 1 N–H and O–H groups in total. The Hall–Kier alpha value is -1.12. The Bertz CT molecular complexity index is 378. The van der Waals surface area contributed by atoms with Gasteiger partial charge >= 0.3 is 0 Å². The molecular weight excluding hydrogens is 244 g/mol. The lowest BCUT2D eigenvalue weighted by Gasteiger charge is -2.32. The number of nitrogens with one attached hydrogen (secondary N) is 1. The highest BCUT2D eigenvalue weighted by molar-refractivity contribution is 5.14. The van der Waals surface area contributed by atoms with Crippen LogP contribution >= 0.6 is 0 Å². The Balaban J connectivity index is 1.59. The Morgan fingerprint density at radius 2 is 1.95 bits per heavy atom. The molecule has 2 heteroatoms. The van der Waals surface area contributed by atoms with Crippen LogP contribution in [-0.4, -0.2) is 37.1 Å². The van der Waals surface area contributed by atoms with Gasteiger partial charge in [0.25, 0.3) is 0 Å². The first kappa shape index (κ1) is 15.3. The van der Waals surface area contributed by atoms with Crippen LogP contribution in [0.15, 0.2) is 42.5 Å². The third-order valence-corrected chi connectivity index (χ3v) is 4.13. The molecule has 1 aromatic rings. The van der Waals surface area contributed by atoms with Crippen LogP contribution in [0.2, 0.25) is 0 Å². The van der Waals surface area contributed by atoms with Gasteiger partial charge in [-0.1, -0.05) is 42.5 Å². The van der Waals surface area contributed by atoms with Crippen LogP contribution < -0.4 is 5.32 Å². The van der Waals surface area contributed by atoms with Crippen molar-refractivity contribution < 1.29 is 0 Å². The van der Waals surface area contributed by atoms with E-state index in [2.05, 4.69) is 59.6 Å². The van der Waals surface area contributed by atoms with Gasteiger partial charge in [0, 0.05) is 12.6 Å². The van der Waals surface area contributed by atoms with Gasteiger partial charge in [-0.25, -0.2) is 0 Å². The summed E-state index contributed by atoms with van der Waals surface area (Å²) in [6, 6.07) is 11.6. The van der Waals surface area contributed by atoms with Crippen LogP contribution in [-0.2, 0) is 6.42 Å². The predicted molar refractivity (Wildman–Crippen MR) is 87.0 cm³/mol. The molecule has 1 aliphatic rings. The summed E-state index contributed by atoms with van der Waals surface area (Å²) in [6.07, 6.45) is 9.30. The van der Waals surface area contributed by atoms with Crippen molar-refractivity contribution in [2.24, 2.45) is 0 Å². The molecule has 2 rings (SSSR count). The maximum atomic E-state index is 3.67. The zero-order valence-electron chi connectivity index (χ0n) is 12.7. The highest BCUT2D eigenvalue weighted by atomic mass is 15.1. The monoisotopic (exact) mass is 272 g/mol. The van der Waals surface area contributed by atoms with Crippen LogP contribution in [0.4, 0.5) is 0 Å². The summed E-state index contributed by atoms with van der Waals surface area (Å²) in [5.74, 6) is 0. The molecule has 1 saturated heterocycles. The Labute approximate surface area is 123 Å². The van der Waals surface area contributed by atoms with Crippen molar-refractivity contribution in [2.75, 3.05) is 26.2 Å². The lowest BCUT2D eigenvalue weighted by molar-refractivity contribution is 0.200. The number of hydrogen-bond donors (Lipinski definition) is 1. The second kappa shape index (κ2) is 8.93. The summed E-state index contributed by atoms with van der Waals surface area (Å²) >= 11 is 0. The molecule has 0 saturated carbocycles. The van der Waals surface area contributed by atoms with Crippen molar-refractivity contribution in [3.8, 4) is 0 Å². The average molecular weight is 272 g/mol. The van der Waals surface area contributed by atoms with Crippen molar-refractivity contribution in [1.29, 1.82) is 0 Å². The molecule has 1 fully saturated rings. The fourth-order valence-corrected chi connectivity index (χ4v) is 2.83. The van der Waals surface area contributed by atoms with Gasteiger partial charge in [-0.05, 0) is 57.8 Å². The third-order valence-electron chi connectivity index (χ3n) is 4.13. The van der Waals surface area contributed by atoms with Crippen molar-refractivity contribution in [3.05, 3.63) is 48.0 Å². The van der Waals surface area contributed by atoms with Gasteiger partial charge in [0.15, 0.2) is 0 Å². The molecule has 0 aliphatic carbocycles. The zero-order valence-corrected chi connectivity index (χ0v) is 12.7. The van der Waals surface area contributed by atoms with Crippen LogP contribution in [0.5, 0.6) is 0 Å². The second-order valence-corrected chi connectivity index (χ2v) is 5.66. The molecule has 2 nitrogen and oxygen atoms in total. The minimum atomic E-state index is 0.730. The number of piperidine rings is 1. The molecule has 0 amide bonds. The standard InChI is InChI=1S/C18H28N2/c1-2-3-7-13-19-18-11-15-20(16-12-18)14-10-17-8-5-4-6-9-17/h2-6,8-9,18-19H,7,10-16H2,1H3/b3-2+. The van der Waals surface area contributed by atoms with Crippen LogP contribution in [0.1, 0.15) is 31.7 Å². The summed E-state index contributed by atoms with van der Waals surface area (Å²) in [4.78, 5) is 2.61. The van der Waals surface area contributed by atoms with Crippen LogP contribution in [0, 0.1) is 0 Å². The Kier molecular flexibility index (Phi) is 6.82. The number of likely N-dealkylation sites (tertiary alicyclic amines) is 1. The molecule has 0 unspecified atom stereocenters. The zero-order chi connectivity index (χ0) is 14.0. The maximum absolute atomic E-state index is 3.67. The molecule has 1 aromatic carbocycles. The molecule has 0 atom stereocenters. The van der Waals surface area contributed by atoms with Gasteiger partial charge in [0.05, 0.1) is 0 Å². The SMILES string of the molecule is C/C=C/CCNC1CCN(CCc2ccccc2)CC1. The van der Waals surface area contributed by atoms with E-state index < -0.39 is 0 Å². The van der Waals surface area contributed by atoms with E-state index in [0.717, 1.165) is 19.0 Å². The molecule has 0 aromatic heterocycles. The smallest absolute Gasteiger partial charge is 0.00915 e. The highest BCUT2D eigenvalue weighted by Gasteiger charge is 2.17. The van der Waals surface area contributed by atoms with Gasteiger partial charge in [-0.2, -0.15) is 0 Å². The van der Waals surface area contributed by atoms with Crippen molar-refractivity contribution in [2.45, 2.75) is 38.6 Å². The molecule has 20 heavy (non-hydrogen) atoms. The fourth-order valence-electron chi connectivity index (χ4n) is 2.83. The third kappa shape index (κ3) is 5.48. The van der Waals surface area contributed by atoms with E-state index in [1.54, 1.807) is 0 Å². The average Bonchev–Trinajstić information content (AvgIpc) is 2.52. The summed E-state index contributed by atoms with van der Waals surface area (Å²) in [5, 5.41) is 3.67. The quantitative estimate of drug-likeness (QED) is 0.605. The van der Waals surface area contributed by atoms with Crippen molar-refractivity contribution in [3.63, 3.8) is 0 Å². The molecule has 1 heterocycles. The first-order valence-corrected chi connectivity index (χ1v) is 7.99. The molecule has 110 valence electrons. The van der Waals surface area contributed by atoms with E-state index >= 15 is 0 Å². The fraction of sp³-hybridized carbons (Fsp3) is 0.556. The normalized spacial score (nSPS) is 17.9. The lowest BCUT2D eigenvalue weighted by atomic mass is 10.0. The number of benzene rings is 1. The predicted octanol–water partition coefficient (Wildman–Crippen LogP) is 3.25. The van der Waals surface area contributed by atoms with Crippen LogP contribution in [0.25, 0.3) is 0 Å². The van der Waals surface area contributed by atoms with Crippen LogP contribution in [0.3, 0.4) is 0 Å². The van der Waals surface area contributed by atoms with Gasteiger partial charge in [-0.15, -0.1) is 0 Å². The first-order chi connectivity index (χ1) is 9.88. The van der Waals surface area contributed by atoms with Gasteiger partial charge in [-0.3, -0.25) is 0 Å². The Morgan fingerprint density at radius 1 is 1.20 bits per heavy atom. The van der Waals surface area contributed by atoms with Crippen molar-refractivity contribution >= 4 is 0 Å². The van der Waals surface area contributed by atoms with Crippen molar-refractivity contribution in [1.82, 2.24) is 10.2 Å². The minimum absolute atomic E-state index is 0.730. The summed E-state index contributed by atoms with van der Waals surface area (Å²) in [6.45, 7) is 6.90. The van der Waals surface area contributed by atoms with E-state index in [-0.39, 0.29) is 0 Å². The summed E-state index contributed by atoms with van der Waals surface area (Å²) < 4.78 is 0. The van der Waals surface area contributed by atoms with E-state index in [4.69, 9.17) is 0 Å². The minimum Gasteiger partial charge on any atom is -0.314 e. The van der Waals surface area contributed by atoms with E-state index in [1.807, 2.05) is 0 Å². The molecule has 0 radical (unpaired) electrons. The highest BCUT2D eigenvalue weighted by Crippen LogP contribution is 2.11. The summed E-state index contributed by atoms with van der Waals surface area (Å²) in [5.41, 5.74) is 1.46. The number of rotatable bonds is 7. The first-order valence-electron chi connectivity index (χ1n) is 7.99. The number of nitrogens with zero attached hydrogens (tertiary/aromatic N) is 1. The Morgan fingerprint density at radius 3 is 2.65 bits per heavy atom. The van der Waals surface area contributed by atoms with E-state index in [1.165, 1.54) is 44.5 Å². The molecule has 0 spiro atoms. The maximum Gasteiger partial charge on any atom is 0.00915 e. The number of hydrogen-bond acceptors (Lipinski definition) is 2. The van der Waals surface area contributed by atoms with E-state index in [0.29, 0.717) is 0 Å². The van der Waals surface area contributed by atoms with Gasteiger partial charge < -0.3 is 10.2 Å².